The minimum Gasteiger partial charge on any atom is -0.396 e. The number of aliphatic hydroxyl groups is 6. The molecule has 0 saturated heterocycles. The van der Waals surface area contributed by atoms with Crippen LogP contribution >= 0.6 is 0 Å². The van der Waals surface area contributed by atoms with Crippen molar-refractivity contribution in [3.63, 3.8) is 0 Å². The van der Waals surface area contributed by atoms with Gasteiger partial charge in [-0.2, -0.15) is 0 Å². The molecule has 7 heteroatoms. The van der Waals surface area contributed by atoms with Gasteiger partial charge < -0.3 is 30.6 Å². The van der Waals surface area contributed by atoms with E-state index in [-0.39, 0.29) is 59.1 Å². The molecule has 6 N–H and O–H groups in total. The zero-order valence-corrected chi connectivity index (χ0v) is 13.4. The average molecular weight is 369 g/mol. The van der Waals surface area contributed by atoms with Crippen molar-refractivity contribution < 1.29 is 50.1 Å². The quantitative estimate of drug-likeness (QED) is 0.296. The third-order valence-electron chi connectivity index (χ3n) is 3.51. The van der Waals surface area contributed by atoms with E-state index in [4.69, 9.17) is 30.6 Å². The molecule has 0 aliphatic heterocycles. The Bertz CT molecular complexity index is 128. The fourth-order valence-electron chi connectivity index (χ4n) is 0.971. The first-order valence-corrected chi connectivity index (χ1v) is 6.14. The van der Waals surface area contributed by atoms with Crippen molar-refractivity contribution in [1.82, 2.24) is 0 Å². The predicted octanol–water partition coefficient (Wildman–Crippen LogP) is -1.28. The van der Waals surface area contributed by atoms with Gasteiger partial charge in [-0.25, -0.2) is 0 Å². The Morgan fingerprint density at radius 2 is 0.684 bits per heavy atom. The van der Waals surface area contributed by atoms with Crippen molar-refractivity contribution in [2.45, 2.75) is 26.7 Å². The summed E-state index contributed by atoms with van der Waals surface area (Å²) in [6.45, 7) is 2.71. The van der Waals surface area contributed by atoms with Crippen molar-refractivity contribution in [2.75, 3.05) is 39.6 Å². The molecule has 6 nitrogen and oxygen atoms in total. The van der Waals surface area contributed by atoms with Gasteiger partial charge in [-0.1, -0.05) is 13.8 Å². The molecule has 0 aromatic heterocycles. The van der Waals surface area contributed by atoms with Crippen molar-refractivity contribution in [3.05, 3.63) is 0 Å². The molecule has 0 aliphatic rings. The first-order valence-electron chi connectivity index (χ1n) is 6.14. The molecule has 0 heterocycles. The molecule has 0 spiro atoms. The maximum absolute atomic E-state index is 8.66. The Morgan fingerprint density at radius 3 is 0.684 bits per heavy atom. The molecule has 0 aliphatic carbocycles. The maximum atomic E-state index is 8.66. The summed E-state index contributed by atoms with van der Waals surface area (Å²) in [5, 5.41) is 51.9. The van der Waals surface area contributed by atoms with E-state index in [9.17, 15) is 0 Å². The Hall–Kier alpha value is 0.383. The molecule has 19 heavy (non-hydrogen) atoms. The van der Waals surface area contributed by atoms with Crippen LogP contribution in [-0.4, -0.2) is 70.3 Å². The predicted molar refractivity (Wildman–Crippen MR) is 68.0 cm³/mol. The number of hydrogen-bond donors (Lipinski definition) is 6. The monoisotopic (exact) mass is 370 g/mol. The fraction of sp³-hybridized carbons (Fsp3) is 1.00. The molecule has 0 atom stereocenters. The van der Waals surface area contributed by atoms with Gasteiger partial charge in [-0.15, -0.1) is 0 Å². The molecule has 0 aromatic carbocycles. The first-order chi connectivity index (χ1) is 8.49. The summed E-state index contributed by atoms with van der Waals surface area (Å²) in [6, 6.07) is 0. The molecule has 0 saturated carbocycles. The van der Waals surface area contributed by atoms with Crippen LogP contribution in [0.3, 0.4) is 0 Å². The van der Waals surface area contributed by atoms with Gasteiger partial charge >= 0.3 is 0 Å². The van der Waals surface area contributed by atoms with Gasteiger partial charge in [-0.3, -0.25) is 0 Å². The van der Waals surface area contributed by atoms with Crippen LogP contribution in [0.15, 0.2) is 0 Å². The zero-order valence-electron chi connectivity index (χ0n) is 11.7. The molecular formula is C12H28O6Ru. The molecule has 0 aromatic rings. The first kappa shape index (κ1) is 24.4. The van der Waals surface area contributed by atoms with Crippen molar-refractivity contribution in [2.24, 2.45) is 10.8 Å². The van der Waals surface area contributed by atoms with Crippen LogP contribution in [0.1, 0.15) is 26.7 Å². The van der Waals surface area contributed by atoms with Crippen LogP contribution in [0, 0.1) is 10.8 Å². The maximum Gasteiger partial charge on any atom is 0.0531 e. The third-order valence-corrected chi connectivity index (χ3v) is 3.51. The molecule has 0 radical (unpaired) electrons. The number of aliphatic hydroxyl groups excluding tert-OH is 6. The van der Waals surface area contributed by atoms with Crippen molar-refractivity contribution >= 4 is 0 Å². The van der Waals surface area contributed by atoms with Gasteiger partial charge in [0.25, 0.3) is 0 Å². The van der Waals surface area contributed by atoms with E-state index < -0.39 is 10.8 Å². The van der Waals surface area contributed by atoms with E-state index in [1.54, 1.807) is 0 Å². The van der Waals surface area contributed by atoms with Crippen LogP contribution in [-0.2, 0) is 19.5 Å². The minimum absolute atomic E-state index is 0. The van der Waals surface area contributed by atoms with Crippen LogP contribution < -0.4 is 0 Å². The molecule has 0 fully saturated rings. The van der Waals surface area contributed by atoms with Gasteiger partial charge in [0.2, 0.25) is 0 Å². The number of rotatable bonds is 8. The van der Waals surface area contributed by atoms with E-state index in [2.05, 4.69) is 0 Å². The van der Waals surface area contributed by atoms with Crippen LogP contribution in [0.2, 0.25) is 0 Å². The van der Waals surface area contributed by atoms with E-state index >= 15 is 0 Å². The fourth-order valence-corrected chi connectivity index (χ4v) is 0.971. The van der Waals surface area contributed by atoms with E-state index in [1.807, 2.05) is 13.8 Å². The van der Waals surface area contributed by atoms with Gasteiger partial charge in [0.15, 0.2) is 0 Å². The van der Waals surface area contributed by atoms with Gasteiger partial charge in [0.05, 0.1) is 39.6 Å². The van der Waals surface area contributed by atoms with Crippen LogP contribution in [0.4, 0.5) is 0 Å². The minimum atomic E-state index is -0.667. The third kappa shape index (κ3) is 8.30. The van der Waals surface area contributed by atoms with Crippen LogP contribution in [0.25, 0.3) is 0 Å². The van der Waals surface area contributed by atoms with E-state index in [0.717, 1.165) is 0 Å². The second-order valence-corrected chi connectivity index (χ2v) is 4.66. The molecule has 0 rings (SSSR count). The molecular weight excluding hydrogens is 341 g/mol. The largest absolute Gasteiger partial charge is 0.396 e. The van der Waals surface area contributed by atoms with Crippen molar-refractivity contribution in [1.29, 1.82) is 0 Å². The summed E-state index contributed by atoms with van der Waals surface area (Å²) in [5.74, 6) is 0. The summed E-state index contributed by atoms with van der Waals surface area (Å²) < 4.78 is 0. The molecule has 0 bridgehead atoms. The van der Waals surface area contributed by atoms with E-state index in [0.29, 0.717) is 12.8 Å². The summed E-state index contributed by atoms with van der Waals surface area (Å²) in [4.78, 5) is 0. The molecule has 0 amide bonds. The summed E-state index contributed by atoms with van der Waals surface area (Å²) in [7, 11) is 0. The van der Waals surface area contributed by atoms with Gasteiger partial charge in [0.1, 0.15) is 0 Å². The normalized spacial score (nSPS) is 11.4. The second-order valence-electron chi connectivity index (χ2n) is 4.66. The molecule has 0 unspecified atom stereocenters. The SMILES string of the molecule is CCC(CO)(CO)CO.CCC(CO)(CO)CO.[Ru]. The smallest absolute Gasteiger partial charge is 0.0531 e. The number of hydrogen-bond acceptors (Lipinski definition) is 6. The second kappa shape index (κ2) is 13.4. The van der Waals surface area contributed by atoms with Crippen LogP contribution in [0.5, 0.6) is 0 Å². The van der Waals surface area contributed by atoms with E-state index in [1.165, 1.54) is 0 Å². The standard InChI is InChI=1S/2C6H14O3.Ru/c2*1-2-6(3-7,4-8)5-9;/h2*7-9H,2-5H2,1H3;. The summed E-state index contributed by atoms with van der Waals surface area (Å²) >= 11 is 0. The zero-order chi connectivity index (χ0) is 14.7. The summed E-state index contributed by atoms with van der Waals surface area (Å²) in [5.41, 5.74) is -1.33. The summed E-state index contributed by atoms with van der Waals surface area (Å²) in [6.07, 6.45) is 1.19. The van der Waals surface area contributed by atoms with Crippen molar-refractivity contribution in [3.8, 4) is 0 Å². The Kier molecular flexibility index (Phi) is 17.2. The molecule has 120 valence electrons. The van der Waals surface area contributed by atoms with Gasteiger partial charge in [-0.05, 0) is 12.8 Å². The Morgan fingerprint density at radius 1 is 0.526 bits per heavy atom. The average Bonchev–Trinajstić information content (AvgIpc) is 2.46. The topological polar surface area (TPSA) is 121 Å². The Labute approximate surface area is 127 Å². The Balaban J connectivity index is -0.000000256. The van der Waals surface area contributed by atoms with Gasteiger partial charge in [0, 0.05) is 30.3 Å².